The first-order chi connectivity index (χ1) is 9.76. The Bertz CT molecular complexity index is 731. The van der Waals surface area contributed by atoms with Crippen molar-refractivity contribution in [2.45, 2.75) is 13.5 Å². The molecule has 3 aromatic rings. The number of aromatic amines is 1. The highest BCUT2D eigenvalue weighted by molar-refractivity contribution is 5.80. The highest BCUT2D eigenvalue weighted by Crippen LogP contribution is 2.22. The monoisotopic (exact) mass is 266 g/mol. The van der Waals surface area contributed by atoms with Crippen LogP contribution < -0.4 is 10.1 Å². The van der Waals surface area contributed by atoms with Gasteiger partial charge in [0.15, 0.2) is 0 Å². The third kappa shape index (κ3) is 2.48. The number of ether oxygens (including phenoxy) is 1. The summed E-state index contributed by atoms with van der Waals surface area (Å²) < 4.78 is 5.27. The van der Waals surface area contributed by atoms with E-state index in [2.05, 4.69) is 47.6 Å². The Morgan fingerprint density at radius 3 is 2.80 bits per heavy atom. The number of fused-ring (bicyclic) bond motifs is 1. The van der Waals surface area contributed by atoms with Gasteiger partial charge in [-0.2, -0.15) is 0 Å². The standard InChI is InChI=1S/C17H18N2O/c1-12-9-15(4-6-17(12)20-2)19-11-13-3-5-16-14(10-13)7-8-18-16/h3-10,18-19H,11H2,1-2H3. The van der Waals surface area contributed by atoms with Gasteiger partial charge in [-0.25, -0.2) is 0 Å². The quantitative estimate of drug-likeness (QED) is 0.746. The van der Waals surface area contributed by atoms with Gasteiger partial charge in [0.1, 0.15) is 5.75 Å². The molecule has 102 valence electrons. The van der Waals surface area contributed by atoms with Crippen LogP contribution >= 0.6 is 0 Å². The molecule has 0 amide bonds. The second-order valence-electron chi connectivity index (χ2n) is 4.94. The van der Waals surface area contributed by atoms with Gasteiger partial charge in [-0.15, -0.1) is 0 Å². The molecule has 0 unspecified atom stereocenters. The molecule has 3 nitrogen and oxygen atoms in total. The van der Waals surface area contributed by atoms with Crippen molar-refractivity contribution in [2.24, 2.45) is 0 Å². The van der Waals surface area contributed by atoms with Crippen molar-refractivity contribution in [1.29, 1.82) is 0 Å². The fourth-order valence-corrected chi connectivity index (χ4v) is 2.41. The lowest BCUT2D eigenvalue weighted by Crippen LogP contribution is -2.00. The van der Waals surface area contributed by atoms with E-state index in [9.17, 15) is 0 Å². The Balaban J connectivity index is 1.73. The van der Waals surface area contributed by atoms with Crippen molar-refractivity contribution in [2.75, 3.05) is 12.4 Å². The molecule has 0 fully saturated rings. The number of hydrogen-bond donors (Lipinski definition) is 2. The average molecular weight is 266 g/mol. The van der Waals surface area contributed by atoms with Crippen molar-refractivity contribution < 1.29 is 4.74 Å². The van der Waals surface area contributed by atoms with Gasteiger partial charge in [0.2, 0.25) is 0 Å². The van der Waals surface area contributed by atoms with E-state index in [1.807, 2.05) is 18.3 Å². The summed E-state index contributed by atoms with van der Waals surface area (Å²) in [6, 6.07) is 14.7. The second-order valence-corrected chi connectivity index (χ2v) is 4.94. The molecule has 0 radical (unpaired) electrons. The molecule has 3 rings (SSSR count). The molecule has 3 heteroatoms. The van der Waals surface area contributed by atoms with Crippen LogP contribution in [0.3, 0.4) is 0 Å². The summed E-state index contributed by atoms with van der Waals surface area (Å²) in [5.41, 5.74) is 4.69. The van der Waals surface area contributed by atoms with Crippen molar-refractivity contribution >= 4 is 16.6 Å². The number of anilines is 1. The van der Waals surface area contributed by atoms with E-state index < -0.39 is 0 Å². The van der Waals surface area contributed by atoms with E-state index in [0.717, 1.165) is 23.5 Å². The zero-order valence-corrected chi connectivity index (χ0v) is 11.7. The number of methoxy groups -OCH3 is 1. The third-order valence-corrected chi connectivity index (χ3v) is 3.51. The van der Waals surface area contributed by atoms with Crippen LogP contribution in [0.4, 0.5) is 5.69 Å². The second kappa shape index (κ2) is 5.29. The van der Waals surface area contributed by atoms with Crippen molar-refractivity contribution in [3.05, 3.63) is 59.8 Å². The van der Waals surface area contributed by atoms with Crippen LogP contribution in [0.15, 0.2) is 48.7 Å². The van der Waals surface area contributed by atoms with Crippen molar-refractivity contribution in [3.63, 3.8) is 0 Å². The molecule has 0 saturated carbocycles. The largest absolute Gasteiger partial charge is 0.496 e. The van der Waals surface area contributed by atoms with Gasteiger partial charge in [-0.3, -0.25) is 0 Å². The van der Waals surface area contributed by atoms with E-state index in [-0.39, 0.29) is 0 Å². The minimum absolute atomic E-state index is 0.812. The molecular weight excluding hydrogens is 248 g/mol. The number of benzene rings is 2. The average Bonchev–Trinajstić information content (AvgIpc) is 2.92. The highest BCUT2D eigenvalue weighted by Gasteiger charge is 2.01. The van der Waals surface area contributed by atoms with Crippen molar-refractivity contribution in [3.8, 4) is 5.75 Å². The van der Waals surface area contributed by atoms with Gasteiger partial charge in [-0.05, 0) is 59.8 Å². The number of nitrogens with one attached hydrogen (secondary N) is 2. The van der Waals surface area contributed by atoms with Gasteiger partial charge < -0.3 is 15.0 Å². The fourth-order valence-electron chi connectivity index (χ4n) is 2.41. The lowest BCUT2D eigenvalue weighted by molar-refractivity contribution is 0.412. The molecule has 2 N–H and O–H groups in total. The van der Waals surface area contributed by atoms with Crippen LogP contribution in [0.1, 0.15) is 11.1 Å². The van der Waals surface area contributed by atoms with Gasteiger partial charge in [0, 0.05) is 23.9 Å². The van der Waals surface area contributed by atoms with Crippen LogP contribution in [-0.2, 0) is 6.54 Å². The molecule has 0 aliphatic rings. The normalized spacial score (nSPS) is 10.7. The summed E-state index contributed by atoms with van der Waals surface area (Å²) in [7, 11) is 1.70. The molecular formula is C17H18N2O. The van der Waals surface area contributed by atoms with Crippen LogP contribution in [-0.4, -0.2) is 12.1 Å². The van der Waals surface area contributed by atoms with E-state index >= 15 is 0 Å². The topological polar surface area (TPSA) is 37.0 Å². The van der Waals surface area contributed by atoms with Gasteiger partial charge in [-0.1, -0.05) is 6.07 Å². The van der Waals surface area contributed by atoms with Crippen LogP contribution in [0, 0.1) is 6.92 Å². The van der Waals surface area contributed by atoms with Gasteiger partial charge in [0.05, 0.1) is 7.11 Å². The molecule has 0 spiro atoms. The molecule has 1 aromatic heterocycles. The summed E-state index contributed by atoms with van der Waals surface area (Å²) in [6.45, 7) is 2.86. The maximum Gasteiger partial charge on any atom is 0.121 e. The Labute approximate surface area is 118 Å². The maximum atomic E-state index is 5.27. The van der Waals surface area contributed by atoms with E-state index in [1.54, 1.807) is 7.11 Å². The Morgan fingerprint density at radius 2 is 2.00 bits per heavy atom. The molecule has 20 heavy (non-hydrogen) atoms. The minimum Gasteiger partial charge on any atom is -0.496 e. The predicted molar refractivity (Wildman–Crippen MR) is 83.4 cm³/mol. The zero-order chi connectivity index (χ0) is 13.9. The number of aryl methyl sites for hydroxylation is 1. The Kier molecular flexibility index (Phi) is 3.33. The summed E-state index contributed by atoms with van der Waals surface area (Å²) in [5, 5.41) is 4.69. The Hall–Kier alpha value is -2.42. The maximum absolute atomic E-state index is 5.27. The molecule has 1 heterocycles. The lowest BCUT2D eigenvalue weighted by atomic mass is 10.1. The first-order valence-corrected chi connectivity index (χ1v) is 6.71. The predicted octanol–water partition coefficient (Wildman–Crippen LogP) is 4.10. The third-order valence-electron chi connectivity index (χ3n) is 3.51. The van der Waals surface area contributed by atoms with E-state index in [1.165, 1.54) is 16.5 Å². The van der Waals surface area contributed by atoms with Gasteiger partial charge in [0.25, 0.3) is 0 Å². The molecule has 0 aliphatic carbocycles. The SMILES string of the molecule is COc1ccc(NCc2ccc3[nH]ccc3c2)cc1C. The minimum atomic E-state index is 0.812. The Morgan fingerprint density at radius 1 is 1.10 bits per heavy atom. The first kappa shape index (κ1) is 12.6. The lowest BCUT2D eigenvalue weighted by Gasteiger charge is -2.10. The van der Waals surface area contributed by atoms with Crippen LogP contribution in [0.25, 0.3) is 10.9 Å². The molecule has 0 atom stereocenters. The molecule has 0 saturated heterocycles. The van der Waals surface area contributed by atoms with Crippen LogP contribution in [0.5, 0.6) is 5.75 Å². The fraction of sp³-hybridized carbons (Fsp3) is 0.176. The van der Waals surface area contributed by atoms with Gasteiger partial charge >= 0.3 is 0 Å². The van der Waals surface area contributed by atoms with Crippen LogP contribution in [0.2, 0.25) is 0 Å². The van der Waals surface area contributed by atoms with Crippen molar-refractivity contribution in [1.82, 2.24) is 4.98 Å². The molecule has 0 aliphatic heterocycles. The first-order valence-electron chi connectivity index (χ1n) is 6.71. The van der Waals surface area contributed by atoms with E-state index in [4.69, 9.17) is 4.74 Å². The highest BCUT2D eigenvalue weighted by atomic mass is 16.5. The van der Waals surface area contributed by atoms with E-state index in [0.29, 0.717) is 0 Å². The molecule has 2 aromatic carbocycles. The summed E-state index contributed by atoms with van der Waals surface area (Å²) in [4.78, 5) is 3.21. The number of hydrogen-bond acceptors (Lipinski definition) is 2. The smallest absolute Gasteiger partial charge is 0.121 e. The summed E-state index contributed by atoms with van der Waals surface area (Å²) >= 11 is 0. The number of rotatable bonds is 4. The summed E-state index contributed by atoms with van der Waals surface area (Å²) in [6.07, 6.45) is 1.97. The molecule has 0 bridgehead atoms. The number of aromatic nitrogens is 1. The number of H-pyrrole nitrogens is 1. The summed E-state index contributed by atoms with van der Waals surface area (Å²) in [5.74, 6) is 0.921. The zero-order valence-electron chi connectivity index (χ0n) is 11.7.